The first-order chi connectivity index (χ1) is 9.70. The lowest BCUT2D eigenvalue weighted by molar-refractivity contribution is 0.318. The Balaban J connectivity index is 1.95. The van der Waals surface area contributed by atoms with E-state index in [0.717, 1.165) is 12.1 Å². The first kappa shape index (κ1) is 15.1. The summed E-state index contributed by atoms with van der Waals surface area (Å²) in [6.07, 6.45) is 7.84. The maximum Gasteiger partial charge on any atom is 0.170 e. The first-order valence-corrected chi connectivity index (χ1v) is 7.58. The molecule has 20 heavy (non-hydrogen) atoms. The van der Waals surface area contributed by atoms with Gasteiger partial charge in [0.2, 0.25) is 0 Å². The maximum absolute atomic E-state index is 8.66. The largest absolute Gasteiger partial charge is 0.409 e. The summed E-state index contributed by atoms with van der Waals surface area (Å²) in [4.78, 5) is 0. The van der Waals surface area contributed by atoms with Crippen molar-refractivity contribution in [2.45, 2.75) is 51.1 Å². The van der Waals surface area contributed by atoms with Crippen molar-refractivity contribution in [1.29, 1.82) is 0 Å². The van der Waals surface area contributed by atoms with Crippen molar-refractivity contribution >= 4 is 17.4 Å². The summed E-state index contributed by atoms with van der Waals surface area (Å²) < 4.78 is 0. The van der Waals surface area contributed by atoms with Gasteiger partial charge in [-0.15, -0.1) is 0 Å². The second-order valence-corrected chi connectivity index (χ2v) is 5.77. The van der Waals surface area contributed by atoms with Gasteiger partial charge in [-0.3, -0.25) is 0 Å². The van der Waals surface area contributed by atoms with Crippen molar-refractivity contribution in [2.24, 2.45) is 10.9 Å². The number of amidine groups is 1. The van der Waals surface area contributed by atoms with Crippen LogP contribution >= 0.6 is 11.6 Å². The highest BCUT2D eigenvalue weighted by Crippen LogP contribution is 2.20. The van der Waals surface area contributed by atoms with Gasteiger partial charge in [0.05, 0.1) is 0 Å². The lowest BCUT2D eigenvalue weighted by Crippen LogP contribution is -2.28. The molecule has 0 bridgehead atoms. The van der Waals surface area contributed by atoms with Crippen molar-refractivity contribution in [3.05, 3.63) is 34.3 Å². The molecule has 1 saturated carbocycles. The van der Waals surface area contributed by atoms with Crippen molar-refractivity contribution < 1.29 is 5.21 Å². The van der Waals surface area contributed by atoms with E-state index >= 15 is 0 Å². The molecule has 0 radical (unpaired) electrons. The fourth-order valence-electron chi connectivity index (χ4n) is 2.65. The van der Waals surface area contributed by atoms with Crippen LogP contribution in [0.2, 0.25) is 5.02 Å². The number of nitrogens with one attached hydrogen (secondary N) is 1. The van der Waals surface area contributed by atoms with E-state index in [4.69, 9.17) is 22.5 Å². The Morgan fingerprint density at radius 2 is 2.00 bits per heavy atom. The van der Waals surface area contributed by atoms with Crippen molar-refractivity contribution in [3.63, 3.8) is 0 Å². The topological polar surface area (TPSA) is 70.6 Å². The number of hydrogen-bond acceptors (Lipinski definition) is 3. The molecule has 0 aromatic heterocycles. The maximum atomic E-state index is 8.66. The molecule has 0 amide bonds. The van der Waals surface area contributed by atoms with Crippen LogP contribution in [0, 0.1) is 0 Å². The van der Waals surface area contributed by atoms with Crippen LogP contribution in [0.4, 0.5) is 0 Å². The zero-order valence-electron chi connectivity index (χ0n) is 11.6. The third-order valence-corrected chi connectivity index (χ3v) is 4.24. The van der Waals surface area contributed by atoms with E-state index in [-0.39, 0.29) is 5.84 Å². The number of nitrogens with two attached hydrogens (primary N) is 1. The third-order valence-electron chi connectivity index (χ3n) is 3.89. The molecule has 1 aromatic rings. The summed E-state index contributed by atoms with van der Waals surface area (Å²) in [5, 5.41) is 15.9. The highest BCUT2D eigenvalue weighted by molar-refractivity contribution is 6.31. The summed E-state index contributed by atoms with van der Waals surface area (Å²) in [6.45, 7) is 0.764. The zero-order chi connectivity index (χ0) is 14.4. The molecule has 1 fully saturated rings. The molecule has 1 aromatic carbocycles. The number of hydrogen-bond donors (Lipinski definition) is 3. The van der Waals surface area contributed by atoms with Gasteiger partial charge in [-0.2, -0.15) is 0 Å². The second-order valence-electron chi connectivity index (χ2n) is 5.36. The van der Waals surface area contributed by atoms with Gasteiger partial charge in [0.25, 0.3) is 0 Å². The zero-order valence-corrected chi connectivity index (χ0v) is 12.4. The highest BCUT2D eigenvalue weighted by atomic mass is 35.5. The second kappa shape index (κ2) is 7.50. The highest BCUT2D eigenvalue weighted by Gasteiger charge is 2.12. The SMILES string of the molecule is N/C(=N/O)c1ccc(CNC2CCCCCC2)c(Cl)c1. The lowest BCUT2D eigenvalue weighted by Gasteiger charge is -2.17. The van der Waals surface area contributed by atoms with E-state index in [9.17, 15) is 0 Å². The quantitative estimate of drug-likeness (QED) is 0.262. The van der Waals surface area contributed by atoms with Crippen LogP contribution < -0.4 is 11.1 Å². The van der Waals surface area contributed by atoms with Gasteiger partial charge < -0.3 is 16.3 Å². The minimum absolute atomic E-state index is 0.0789. The molecule has 0 aliphatic heterocycles. The number of oxime groups is 1. The Labute approximate surface area is 125 Å². The van der Waals surface area contributed by atoms with E-state index in [1.807, 2.05) is 12.1 Å². The summed E-state index contributed by atoms with van der Waals surface area (Å²) in [7, 11) is 0. The molecule has 5 heteroatoms. The molecule has 0 heterocycles. The minimum atomic E-state index is 0.0789. The average molecular weight is 296 g/mol. The van der Waals surface area contributed by atoms with Crippen molar-refractivity contribution in [2.75, 3.05) is 0 Å². The summed E-state index contributed by atoms with van der Waals surface area (Å²) in [5.74, 6) is 0.0789. The van der Waals surface area contributed by atoms with Crippen LogP contribution in [0.1, 0.15) is 49.7 Å². The van der Waals surface area contributed by atoms with Crippen LogP contribution in [0.15, 0.2) is 23.4 Å². The molecule has 0 spiro atoms. The molecular formula is C15H22ClN3O. The van der Waals surface area contributed by atoms with E-state index in [2.05, 4.69) is 10.5 Å². The molecule has 1 aliphatic carbocycles. The van der Waals surface area contributed by atoms with Gasteiger partial charge in [-0.05, 0) is 24.5 Å². The first-order valence-electron chi connectivity index (χ1n) is 7.20. The predicted octanol–water partition coefficient (Wildman–Crippen LogP) is 3.25. The van der Waals surface area contributed by atoms with Gasteiger partial charge in [-0.1, -0.05) is 54.6 Å². The Morgan fingerprint density at radius 3 is 2.60 bits per heavy atom. The van der Waals surface area contributed by atoms with Crippen molar-refractivity contribution in [3.8, 4) is 0 Å². The molecule has 0 saturated heterocycles. The summed E-state index contributed by atoms with van der Waals surface area (Å²) >= 11 is 6.25. The van der Waals surface area contributed by atoms with Crippen molar-refractivity contribution in [1.82, 2.24) is 5.32 Å². The van der Waals surface area contributed by atoms with Gasteiger partial charge >= 0.3 is 0 Å². The number of halogens is 1. The predicted molar refractivity (Wildman–Crippen MR) is 82.3 cm³/mol. The Hall–Kier alpha value is -1.26. The van der Waals surface area contributed by atoms with Crippen LogP contribution in [0.25, 0.3) is 0 Å². The summed E-state index contributed by atoms with van der Waals surface area (Å²) in [5.41, 5.74) is 7.23. The molecule has 4 nitrogen and oxygen atoms in total. The minimum Gasteiger partial charge on any atom is -0.409 e. The Bertz CT molecular complexity index is 468. The fraction of sp³-hybridized carbons (Fsp3) is 0.533. The fourth-order valence-corrected chi connectivity index (χ4v) is 2.89. The standard InChI is InChI=1S/C15H22ClN3O/c16-14-9-11(15(17)19-20)7-8-12(14)10-18-13-5-3-1-2-4-6-13/h7-9,13,18,20H,1-6,10H2,(H2,17,19). The molecule has 1 aliphatic rings. The smallest absolute Gasteiger partial charge is 0.170 e. The Morgan fingerprint density at radius 1 is 1.30 bits per heavy atom. The van der Waals surface area contributed by atoms with Crippen LogP contribution in [-0.2, 0) is 6.54 Å². The van der Waals surface area contributed by atoms with Gasteiger partial charge in [-0.25, -0.2) is 0 Å². The van der Waals surface area contributed by atoms with Crippen LogP contribution in [-0.4, -0.2) is 17.1 Å². The molecule has 0 unspecified atom stereocenters. The van der Waals surface area contributed by atoms with E-state index in [0.29, 0.717) is 16.6 Å². The Kier molecular flexibility index (Phi) is 5.68. The molecule has 110 valence electrons. The van der Waals surface area contributed by atoms with Gasteiger partial charge in [0.1, 0.15) is 0 Å². The molecule has 2 rings (SSSR count). The third kappa shape index (κ3) is 4.12. The molecule has 4 N–H and O–H groups in total. The van der Waals surface area contributed by atoms with E-state index < -0.39 is 0 Å². The monoisotopic (exact) mass is 295 g/mol. The molecule has 0 atom stereocenters. The lowest BCUT2D eigenvalue weighted by atomic mass is 10.1. The summed E-state index contributed by atoms with van der Waals surface area (Å²) in [6, 6.07) is 6.09. The number of benzene rings is 1. The van der Waals surface area contributed by atoms with E-state index in [1.54, 1.807) is 6.07 Å². The van der Waals surface area contributed by atoms with Crippen LogP contribution in [0.5, 0.6) is 0 Å². The van der Waals surface area contributed by atoms with E-state index in [1.165, 1.54) is 38.5 Å². The van der Waals surface area contributed by atoms with Crippen LogP contribution in [0.3, 0.4) is 0 Å². The number of rotatable bonds is 4. The normalized spacial score (nSPS) is 17.9. The average Bonchev–Trinajstić information content (AvgIpc) is 2.73. The molecular weight excluding hydrogens is 274 g/mol. The number of nitrogens with zero attached hydrogens (tertiary/aromatic N) is 1. The van der Waals surface area contributed by atoms with Gasteiger partial charge in [0.15, 0.2) is 5.84 Å². The van der Waals surface area contributed by atoms with Gasteiger partial charge in [0, 0.05) is 23.2 Å².